The minimum absolute atomic E-state index is 0.00452. The largest absolute Gasteiger partial charge is 0.493 e. The van der Waals surface area contributed by atoms with E-state index in [9.17, 15) is 9.90 Å². The smallest absolute Gasteiger partial charge is 0.252 e. The van der Waals surface area contributed by atoms with Gasteiger partial charge in [0.15, 0.2) is 0 Å². The number of nitrogens with two attached hydrogens (primary N) is 1. The first-order valence-electron chi connectivity index (χ1n) is 13.6. The van der Waals surface area contributed by atoms with Crippen LogP contribution in [0.5, 0.6) is 0 Å². The molecule has 5 heteroatoms. The highest BCUT2D eigenvalue weighted by molar-refractivity contribution is 5.95. The van der Waals surface area contributed by atoms with Gasteiger partial charge in [0.2, 0.25) is 0 Å². The van der Waals surface area contributed by atoms with Gasteiger partial charge in [-0.1, -0.05) is 39.0 Å². The molecule has 5 bridgehead atoms. The Balaban J connectivity index is 1.58. The van der Waals surface area contributed by atoms with Crippen molar-refractivity contribution < 1.29 is 19.1 Å². The van der Waals surface area contributed by atoms with Crippen molar-refractivity contribution in [2.75, 3.05) is 20.1 Å². The van der Waals surface area contributed by atoms with Crippen LogP contribution in [0.15, 0.2) is 46.8 Å². The molecular formula is C30H43N2O3+. The number of carbonyl (C=O) groups excluding carboxylic acids is 1. The summed E-state index contributed by atoms with van der Waals surface area (Å²) in [6.45, 7) is 15.3. The molecule has 2 heterocycles. The van der Waals surface area contributed by atoms with E-state index in [1.165, 1.54) is 25.0 Å². The lowest BCUT2D eigenvalue weighted by atomic mass is 9.43. The van der Waals surface area contributed by atoms with Crippen LogP contribution in [0.4, 0.5) is 0 Å². The van der Waals surface area contributed by atoms with Crippen molar-refractivity contribution in [2.45, 2.75) is 84.0 Å². The third kappa shape index (κ3) is 3.16. The van der Waals surface area contributed by atoms with Gasteiger partial charge in [-0.05, 0) is 48.8 Å². The number of aliphatic hydroxyl groups is 1. The van der Waals surface area contributed by atoms with Crippen molar-refractivity contribution in [1.82, 2.24) is 0 Å². The van der Waals surface area contributed by atoms with Crippen LogP contribution >= 0.6 is 0 Å². The molecule has 35 heavy (non-hydrogen) atoms. The number of carbonyl (C=O) groups is 1. The minimum atomic E-state index is -0.843. The van der Waals surface area contributed by atoms with Crippen molar-refractivity contribution in [3.05, 3.63) is 46.8 Å². The van der Waals surface area contributed by atoms with Gasteiger partial charge in [0.1, 0.15) is 17.9 Å². The predicted octanol–water partition coefficient (Wildman–Crippen LogP) is 4.39. The zero-order chi connectivity index (χ0) is 25.1. The molecule has 0 aromatic rings. The summed E-state index contributed by atoms with van der Waals surface area (Å²) in [5, 5.41) is 12.0. The van der Waals surface area contributed by atoms with Crippen molar-refractivity contribution in [2.24, 2.45) is 34.3 Å². The monoisotopic (exact) mass is 479 g/mol. The molecule has 2 unspecified atom stereocenters. The standard InChI is InChI=1S/C30H42N2O3/c1-17-7-10-19(27(31)33)23-15-30-11-12-32(6,16-18-8-9-18)22(13-17)25(30)20-14-21(26(30)35-23)24(20)29(5,34)28(2,3)4/h7,10,18,21-22,24,26,34H,1,8-9,11-16H2,2-6H3,(H-,31,33)/p+1/b10-7-,23-19-/t21?,22-,24+,26+,29?,30-,32-/m1/s1. The molecule has 4 fully saturated rings. The number of likely N-dealkylation sites (tertiary alicyclic amines) is 1. The molecule has 5 aliphatic carbocycles. The summed E-state index contributed by atoms with van der Waals surface area (Å²) in [6, 6.07) is 0.344. The lowest BCUT2D eigenvalue weighted by Gasteiger charge is -2.65. The van der Waals surface area contributed by atoms with E-state index in [4.69, 9.17) is 10.5 Å². The number of fused-ring (bicyclic) bond motifs is 1. The van der Waals surface area contributed by atoms with Gasteiger partial charge in [0.05, 0.1) is 31.3 Å². The molecule has 2 saturated carbocycles. The molecule has 0 aromatic heterocycles. The first-order chi connectivity index (χ1) is 16.3. The van der Waals surface area contributed by atoms with E-state index in [1.54, 1.807) is 5.57 Å². The van der Waals surface area contributed by atoms with Gasteiger partial charge in [-0.2, -0.15) is 0 Å². The molecule has 2 aliphatic heterocycles. The van der Waals surface area contributed by atoms with Crippen LogP contribution in [-0.4, -0.2) is 53.4 Å². The zero-order valence-corrected chi connectivity index (χ0v) is 22.2. The lowest BCUT2D eigenvalue weighted by Crippen LogP contribution is -2.69. The Morgan fingerprint density at radius 2 is 1.97 bits per heavy atom. The van der Waals surface area contributed by atoms with Crippen molar-refractivity contribution in [1.29, 1.82) is 0 Å². The van der Waals surface area contributed by atoms with Crippen molar-refractivity contribution in [3.63, 3.8) is 0 Å². The summed E-state index contributed by atoms with van der Waals surface area (Å²) in [7, 11) is 2.46. The van der Waals surface area contributed by atoms with Crippen molar-refractivity contribution >= 4 is 5.91 Å². The van der Waals surface area contributed by atoms with Gasteiger partial charge < -0.3 is 20.1 Å². The van der Waals surface area contributed by atoms with Crippen LogP contribution < -0.4 is 5.73 Å². The maximum atomic E-state index is 12.5. The third-order valence-electron chi connectivity index (χ3n) is 11.0. The Morgan fingerprint density at radius 3 is 2.60 bits per heavy atom. The van der Waals surface area contributed by atoms with Gasteiger partial charge in [0.25, 0.3) is 5.91 Å². The lowest BCUT2D eigenvalue weighted by molar-refractivity contribution is -0.935. The number of likely N-dealkylation sites (N-methyl/N-ethyl adjacent to an activating group) is 1. The summed E-state index contributed by atoms with van der Waals surface area (Å²) in [6.07, 6.45) is 10.2. The van der Waals surface area contributed by atoms with Crippen LogP contribution in [0.3, 0.4) is 0 Å². The van der Waals surface area contributed by atoms with Crippen LogP contribution in [0.25, 0.3) is 0 Å². The number of primary amides is 1. The van der Waals surface area contributed by atoms with Crippen LogP contribution in [0.2, 0.25) is 0 Å². The molecule has 0 radical (unpaired) electrons. The van der Waals surface area contributed by atoms with Crippen LogP contribution in [0, 0.1) is 28.6 Å². The van der Waals surface area contributed by atoms with Gasteiger partial charge in [-0.25, -0.2) is 0 Å². The number of amides is 1. The van der Waals surface area contributed by atoms with E-state index in [0.717, 1.165) is 54.0 Å². The Hall–Kier alpha value is -1.85. The maximum Gasteiger partial charge on any atom is 0.252 e. The second-order valence-corrected chi connectivity index (χ2v) is 14.0. The van der Waals surface area contributed by atoms with Gasteiger partial charge in [-0.15, -0.1) is 0 Å². The number of hydrogen-bond acceptors (Lipinski definition) is 3. The number of rotatable bonds is 4. The topological polar surface area (TPSA) is 72.6 Å². The summed E-state index contributed by atoms with van der Waals surface area (Å²) < 4.78 is 7.87. The van der Waals surface area contributed by atoms with E-state index in [2.05, 4.69) is 34.4 Å². The van der Waals surface area contributed by atoms with Crippen LogP contribution in [-0.2, 0) is 9.53 Å². The first-order valence-corrected chi connectivity index (χ1v) is 13.6. The zero-order valence-electron chi connectivity index (χ0n) is 22.2. The van der Waals surface area contributed by atoms with E-state index in [0.29, 0.717) is 11.6 Å². The van der Waals surface area contributed by atoms with E-state index in [1.807, 2.05) is 19.1 Å². The molecule has 7 atom stereocenters. The summed E-state index contributed by atoms with van der Waals surface area (Å²) in [5.41, 5.74) is 9.24. The average molecular weight is 480 g/mol. The number of piperidine rings is 1. The fourth-order valence-corrected chi connectivity index (χ4v) is 8.39. The van der Waals surface area contributed by atoms with Gasteiger partial charge >= 0.3 is 0 Å². The Morgan fingerprint density at radius 1 is 1.26 bits per heavy atom. The fourth-order valence-electron chi connectivity index (χ4n) is 8.39. The highest BCUT2D eigenvalue weighted by atomic mass is 16.5. The van der Waals surface area contributed by atoms with E-state index in [-0.39, 0.29) is 28.8 Å². The Kier molecular flexibility index (Phi) is 4.80. The Bertz CT molecular complexity index is 1100. The van der Waals surface area contributed by atoms with Crippen LogP contribution in [0.1, 0.15) is 66.2 Å². The number of hydrogen-bond donors (Lipinski definition) is 2. The van der Waals surface area contributed by atoms with E-state index >= 15 is 0 Å². The minimum Gasteiger partial charge on any atom is -0.493 e. The molecule has 2 saturated heterocycles. The predicted molar refractivity (Wildman–Crippen MR) is 137 cm³/mol. The average Bonchev–Trinajstić information content (AvgIpc) is 3.43. The quantitative estimate of drug-likeness (QED) is 0.464. The molecule has 190 valence electrons. The number of ether oxygens (including phenoxy) is 1. The SMILES string of the molecule is C=C1/C=C\C(C(N)=O)=C2/C[C@]34CC[N@+](C)(CC5CC5)[C@H](C1)C3=C1CC([C@H]1C(C)(O)C(C)(C)C)[C@@H]4O2. The second-order valence-electron chi connectivity index (χ2n) is 14.0. The highest BCUT2D eigenvalue weighted by Crippen LogP contribution is 2.71. The molecule has 7 aliphatic rings. The van der Waals surface area contributed by atoms with Gasteiger partial charge in [-0.3, -0.25) is 4.79 Å². The normalized spacial score (nSPS) is 44.8. The third-order valence-corrected chi connectivity index (χ3v) is 11.0. The molecular weight excluding hydrogens is 436 g/mol. The molecule has 3 N–H and O–H groups in total. The number of nitrogens with zero attached hydrogens (tertiary/aromatic N) is 1. The summed E-state index contributed by atoms with van der Waals surface area (Å²) >= 11 is 0. The molecule has 7 rings (SSSR count). The van der Waals surface area contributed by atoms with Gasteiger partial charge in [0, 0.05) is 42.4 Å². The summed E-state index contributed by atoms with van der Waals surface area (Å²) in [4.78, 5) is 12.5. The second kappa shape index (κ2) is 7.13. The number of allylic oxidation sites excluding steroid dienone is 2. The number of quaternary nitrogens is 1. The maximum absolute atomic E-state index is 12.5. The summed E-state index contributed by atoms with van der Waals surface area (Å²) in [5.74, 6) is 1.51. The molecule has 5 nitrogen and oxygen atoms in total. The first kappa shape index (κ1) is 23.5. The highest BCUT2D eigenvalue weighted by Gasteiger charge is 2.71. The molecule has 1 spiro atoms. The molecule has 1 amide bonds. The Labute approximate surface area is 210 Å². The molecule has 0 aromatic carbocycles. The van der Waals surface area contributed by atoms with Crippen molar-refractivity contribution in [3.8, 4) is 0 Å². The van der Waals surface area contributed by atoms with E-state index < -0.39 is 11.5 Å². The fraction of sp³-hybridized carbons (Fsp3) is 0.700.